The molecule has 0 aliphatic rings. The lowest BCUT2D eigenvalue weighted by molar-refractivity contribution is -0.132. The number of aryl methyl sites for hydroxylation is 2. The second-order valence-corrected chi connectivity index (χ2v) is 10.7. The number of rotatable bonds is 6. The standard InChI is InChI=1S/C30H22N2O2S2/c1-19-4-10-22(11-5-19)32(23-12-6-20(2)7-13-23)24-14-8-21(9-15-24)27-18-29-28(36-27)17-25(35-29)16-26(31-3)30(33)34/h4-18H,1-2H3,(H,33,34)/b26-16-. The van der Waals surface area contributed by atoms with E-state index in [-0.39, 0.29) is 5.70 Å². The second kappa shape index (κ2) is 9.82. The SMILES string of the molecule is [C-]#[N+]/C(=C\c1cc2sc(-c3ccc(N(c4ccc(C)cc4)c4ccc(C)cc4)cc3)cc2s1)C(=O)O. The van der Waals surface area contributed by atoms with Crippen molar-refractivity contribution in [2.75, 3.05) is 4.90 Å². The average molecular weight is 507 g/mol. The lowest BCUT2D eigenvalue weighted by Crippen LogP contribution is -2.09. The maximum Gasteiger partial charge on any atom is 0.333 e. The van der Waals surface area contributed by atoms with Gasteiger partial charge in [-0.25, -0.2) is 4.85 Å². The summed E-state index contributed by atoms with van der Waals surface area (Å²) >= 11 is 3.16. The zero-order chi connectivity index (χ0) is 25.2. The van der Waals surface area contributed by atoms with Crippen LogP contribution in [0.15, 0.2) is 90.6 Å². The zero-order valence-electron chi connectivity index (χ0n) is 19.7. The molecule has 4 nitrogen and oxygen atoms in total. The van der Waals surface area contributed by atoms with Crippen LogP contribution in [0, 0.1) is 20.4 Å². The largest absolute Gasteiger partial charge is 0.486 e. The van der Waals surface area contributed by atoms with Gasteiger partial charge in [-0.15, -0.1) is 22.7 Å². The number of carboxylic acid groups (broad SMARTS) is 1. The van der Waals surface area contributed by atoms with Gasteiger partial charge in [-0.1, -0.05) is 47.5 Å². The van der Waals surface area contributed by atoms with Crippen molar-refractivity contribution in [2.45, 2.75) is 13.8 Å². The van der Waals surface area contributed by atoms with Gasteiger partial charge in [-0.3, -0.25) is 4.79 Å². The summed E-state index contributed by atoms with van der Waals surface area (Å²) in [6, 6.07) is 29.8. The van der Waals surface area contributed by atoms with Gasteiger partial charge in [0.2, 0.25) is 0 Å². The zero-order valence-corrected chi connectivity index (χ0v) is 21.4. The molecule has 0 atom stereocenters. The summed E-state index contributed by atoms with van der Waals surface area (Å²) in [6.07, 6.45) is 1.44. The highest BCUT2D eigenvalue weighted by atomic mass is 32.1. The van der Waals surface area contributed by atoms with Crippen LogP contribution < -0.4 is 4.90 Å². The molecule has 0 radical (unpaired) electrons. The molecule has 6 heteroatoms. The fourth-order valence-electron chi connectivity index (χ4n) is 3.95. The molecule has 1 N–H and O–H groups in total. The molecule has 0 unspecified atom stereocenters. The van der Waals surface area contributed by atoms with Crippen molar-refractivity contribution < 1.29 is 9.90 Å². The van der Waals surface area contributed by atoms with Gasteiger partial charge in [0.05, 0.1) is 6.57 Å². The van der Waals surface area contributed by atoms with E-state index >= 15 is 0 Å². The van der Waals surface area contributed by atoms with Crippen molar-refractivity contribution in [2.24, 2.45) is 0 Å². The molecule has 0 fully saturated rings. The molecule has 0 saturated carbocycles. The molecule has 0 aliphatic heterocycles. The predicted molar refractivity (Wildman–Crippen MR) is 152 cm³/mol. The first-order valence-corrected chi connectivity index (χ1v) is 12.9. The number of benzene rings is 3. The van der Waals surface area contributed by atoms with Gasteiger partial charge in [-0.2, -0.15) is 0 Å². The molecule has 5 aromatic rings. The van der Waals surface area contributed by atoms with Crippen LogP contribution in [-0.2, 0) is 4.79 Å². The van der Waals surface area contributed by atoms with E-state index < -0.39 is 5.97 Å². The average Bonchev–Trinajstić information content (AvgIpc) is 3.44. The van der Waals surface area contributed by atoms with Gasteiger partial charge in [0.1, 0.15) is 0 Å². The van der Waals surface area contributed by atoms with Gasteiger partial charge in [0.25, 0.3) is 5.70 Å². The number of carboxylic acids is 1. The molecule has 0 spiro atoms. The fourth-order valence-corrected chi connectivity index (χ4v) is 6.30. The minimum absolute atomic E-state index is 0.272. The van der Waals surface area contributed by atoms with Gasteiger partial charge >= 0.3 is 5.97 Å². The maximum atomic E-state index is 11.1. The molecule has 176 valence electrons. The number of nitrogens with zero attached hydrogens (tertiary/aromatic N) is 2. The molecule has 0 amide bonds. The van der Waals surface area contributed by atoms with E-state index in [1.54, 1.807) is 11.3 Å². The Morgan fingerprint density at radius 1 is 0.806 bits per heavy atom. The molecule has 3 aromatic carbocycles. The highest BCUT2D eigenvalue weighted by Gasteiger charge is 2.14. The van der Waals surface area contributed by atoms with Crippen LogP contribution in [0.25, 0.3) is 30.8 Å². The number of hydrogen-bond acceptors (Lipinski definition) is 4. The Morgan fingerprint density at radius 2 is 1.31 bits per heavy atom. The molecule has 2 heterocycles. The monoisotopic (exact) mass is 506 g/mol. The molecule has 0 saturated heterocycles. The maximum absolute atomic E-state index is 11.1. The van der Waals surface area contributed by atoms with E-state index in [1.165, 1.54) is 28.5 Å². The summed E-state index contributed by atoms with van der Waals surface area (Å²) in [5.41, 5.74) is 6.60. The van der Waals surface area contributed by atoms with E-state index in [0.717, 1.165) is 41.8 Å². The van der Waals surface area contributed by atoms with E-state index in [9.17, 15) is 4.79 Å². The van der Waals surface area contributed by atoms with Crippen LogP contribution in [0.5, 0.6) is 0 Å². The Hall–Kier alpha value is -4.18. The topological polar surface area (TPSA) is 44.9 Å². The third-order valence-corrected chi connectivity index (χ3v) is 8.13. The van der Waals surface area contributed by atoms with E-state index in [1.807, 2.05) is 6.07 Å². The van der Waals surface area contributed by atoms with Crippen molar-refractivity contribution in [1.29, 1.82) is 0 Å². The molecule has 5 rings (SSSR count). The first-order valence-electron chi connectivity index (χ1n) is 11.3. The van der Waals surface area contributed by atoms with Crippen molar-refractivity contribution in [3.63, 3.8) is 0 Å². The second-order valence-electron chi connectivity index (χ2n) is 8.49. The summed E-state index contributed by atoms with van der Waals surface area (Å²) in [4.78, 5) is 18.4. The molecular weight excluding hydrogens is 484 g/mol. The molecule has 2 aromatic heterocycles. The first-order chi connectivity index (χ1) is 17.4. The predicted octanol–water partition coefficient (Wildman–Crippen LogP) is 9.06. The molecule has 0 bridgehead atoms. The summed E-state index contributed by atoms with van der Waals surface area (Å²) in [5.74, 6) is -1.20. The van der Waals surface area contributed by atoms with Gasteiger partial charge < -0.3 is 10.0 Å². The van der Waals surface area contributed by atoms with Gasteiger partial charge in [-0.05, 0) is 74.0 Å². The van der Waals surface area contributed by atoms with Crippen LogP contribution in [0.3, 0.4) is 0 Å². The summed E-state index contributed by atoms with van der Waals surface area (Å²) in [6.45, 7) is 11.2. The van der Waals surface area contributed by atoms with Crippen molar-refractivity contribution in [3.05, 3.63) is 118 Å². The lowest BCUT2D eigenvalue weighted by Gasteiger charge is -2.26. The Balaban J connectivity index is 1.47. The number of thiophene rings is 2. The fraction of sp³-hybridized carbons (Fsp3) is 0.0667. The third-order valence-electron chi connectivity index (χ3n) is 5.84. The van der Waals surface area contributed by atoms with Crippen LogP contribution in [0.2, 0.25) is 0 Å². The summed E-state index contributed by atoms with van der Waals surface area (Å²) in [7, 11) is 0. The van der Waals surface area contributed by atoms with E-state index in [2.05, 4.69) is 102 Å². The number of hydrogen-bond donors (Lipinski definition) is 1. The van der Waals surface area contributed by atoms with Gasteiger partial charge in [0.15, 0.2) is 0 Å². The molecule has 36 heavy (non-hydrogen) atoms. The van der Waals surface area contributed by atoms with Crippen LogP contribution in [0.1, 0.15) is 16.0 Å². The number of anilines is 3. The third kappa shape index (κ3) is 4.80. The number of carbonyl (C=O) groups is 1. The number of aliphatic carboxylic acids is 1. The van der Waals surface area contributed by atoms with Gasteiger partial charge in [0, 0.05) is 36.2 Å². The molecule has 0 aliphatic carbocycles. The highest BCUT2D eigenvalue weighted by Crippen LogP contribution is 2.41. The summed E-state index contributed by atoms with van der Waals surface area (Å²) in [5, 5.41) is 9.11. The van der Waals surface area contributed by atoms with Crippen LogP contribution in [-0.4, -0.2) is 11.1 Å². The Bertz CT molecular complexity index is 1540. The normalized spacial score (nSPS) is 11.4. The smallest absolute Gasteiger partial charge is 0.333 e. The van der Waals surface area contributed by atoms with Crippen LogP contribution in [0.4, 0.5) is 17.1 Å². The minimum Gasteiger partial charge on any atom is -0.486 e. The van der Waals surface area contributed by atoms with E-state index in [4.69, 9.17) is 11.7 Å². The minimum atomic E-state index is -1.20. The van der Waals surface area contributed by atoms with Crippen molar-refractivity contribution >= 4 is 61.2 Å². The summed E-state index contributed by atoms with van der Waals surface area (Å²) < 4.78 is 2.17. The quantitative estimate of drug-likeness (QED) is 0.184. The van der Waals surface area contributed by atoms with Crippen molar-refractivity contribution in [3.8, 4) is 10.4 Å². The lowest BCUT2D eigenvalue weighted by atomic mass is 10.1. The molecular formula is C30H22N2O2S2. The van der Waals surface area contributed by atoms with E-state index in [0.29, 0.717) is 0 Å². The Kier molecular flexibility index (Phi) is 6.43. The first kappa shape index (κ1) is 23.6. The Morgan fingerprint density at radius 3 is 1.78 bits per heavy atom. The Labute approximate surface area is 217 Å². The number of fused-ring (bicyclic) bond motifs is 1. The van der Waals surface area contributed by atoms with Crippen LogP contribution >= 0.6 is 22.7 Å². The highest BCUT2D eigenvalue weighted by molar-refractivity contribution is 7.29. The van der Waals surface area contributed by atoms with Crippen molar-refractivity contribution in [1.82, 2.24) is 0 Å².